The van der Waals surface area contributed by atoms with Crippen LogP contribution < -0.4 is 0 Å². The van der Waals surface area contributed by atoms with Gasteiger partial charge in [0.05, 0.1) is 5.88 Å². The van der Waals surface area contributed by atoms with Gasteiger partial charge < -0.3 is 10.0 Å². The second-order valence-electron chi connectivity index (χ2n) is 4.34. The quantitative estimate of drug-likeness (QED) is 0.914. The van der Waals surface area contributed by atoms with E-state index in [-0.39, 0.29) is 18.1 Å². The Kier molecular flexibility index (Phi) is 4.42. The number of aliphatic carboxylic acids is 1. The zero-order valence-electron chi connectivity index (χ0n) is 10.2. The summed E-state index contributed by atoms with van der Waals surface area (Å²) in [5.41, 5.74) is 0.869. The molecule has 1 amide bonds. The van der Waals surface area contributed by atoms with E-state index in [0.29, 0.717) is 18.1 Å². The largest absolute Gasteiger partial charge is 0.480 e. The van der Waals surface area contributed by atoms with Crippen molar-refractivity contribution in [3.8, 4) is 0 Å². The number of halogens is 1. The lowest BCUT2D eigenvalue weighted by Crippen LogP contribution is -2.41. The first-order valence-corrected chi connectivity index (χ1v) is 7.08. The second kappa shape index (κ2) is 6.06. The molecule has 1 saturated heterocycles. The van der Waals surface area contributed by atoms with Crippen LogP contribution in [-0.4, -0.2) is 39.6 Å². The lowest BCUT2D eigenvalue weighted by Gasteiger charge is -2.20. The number of hydrogen-bond acceptors (Lipinski definition) is 3. The van der Waals surface area contributed by atoms with E-state index in [2.05, 4.69) is 0 Å². The van der Waals surface area contributed by atoms with Gasteiger partial charge in [-0.1, -0.05) is 12.1 Å². The van der Waals surface area contributed by atoms with Gasteiger partial charge in [0, 0.05) is 12.2 Å². The van der Waals surface area contributed by atoms with Crippen LogP contribution in [0.2, 0.25) is 0 Å². The summed E-state index contributed by atoms with van der Waals surface area (Å²) in [6.07, 6.45) is 0.739. The van der Waals surface area contributed by atoms with Crippen molar-refractivity contribution in [1.82, 2.24) is 4.90 Å². The van der Waals surface area contributed by atoms with Gasteiger partial charge in [0.2, 0.25) is 5.91 Å². The van der Waals surface area contributed by atoms with Crippen molar-refractivity contribution in [2.75, 3.05) is 11.6 Å². The van der Waals surface area contributed by atoms with Crippen molar-refractivity contribution < 1.29 is 19.1 Å². The normalized spacial score (nSPS) is 18.6. The van der Waals surface area contributed by atoms with E-state index in [1.165, 1.54) is 28.8 Å². The van der Waals surface area contributed by atoms with Crippen LogP contribution in [0.5, 0.6) is 0 Å². The molecule has 4 nitrogen and oxygen atoms in total. The van der Waals surface area contributed by atoms with Crippen molar-refractivity contribution in [3.05, 3.63) is 35.6 Å². The molecule has 1 atom stereocenters. The Balaban J connectivity index is 1.90. The van der Waals surface area contributed by atoms with E-state index < -0.39 is 12.0 Å². The Morgan fingerprint density at radius 1 is 1.37 bits per heavy atom. The van der Waals surface area contributed by atoms with E-state index in [4.69, 9.17) is 5.11 Å². The SMILES string of the molecule is O=C(O)[C@@H]1CSCN1C(=O)CCc1ccc(F)cc1. The van der Waals surface area contributed by atoms with E-state index in [1.807, 2.05) is 0 Å². The first-order chi connectivity index (χ1) is 9.08. The highest BCUT2D eigenvalue weighted by Gasteiger charge is 2.33. The maximum Gasteiger partial charge on any atom is 0.327 e. The molecule has 102 valence electrons. The van der Waals surface area contributed by atoms with Crippen molar-refractivity contribution in [1.29, 1.82) is 0 Å². The monoisotopic (exact) mass is 283 g/mol. The first kappa shape index (κ1) is 13.9. The Bertz CT molecular complexity index is 477. The maximum atomic E-state index is 12.7. The fourth-order valence-corrected chi connectivity index (χ4v) is 3.11. The summed E-state index contributed by atoms with van der Waals surface area (Å²) >= 11 is 1.45. The number of carboxylic acids is 1. The van der Waals surface area contributed by atoms with Crippen molar-refractivity contribution in [3.63, 3.8) is 0 Å². The third kappa shape index (κ3) is 3.47. The number of carboxylic acid groups (broad SMARTS) is 1. The van der Waals surface area contributed by atoms with Gasteiger partial charge in [-0.25, -0.2) is 9.18 Å². The Hall–Kier alpha value is -1.56. The molecule has 1 fully saturated rings. The molecule has 1 aliphatic rings. The van der Waals surface area contributed by atoms with Gasteiger partial charge in [0.1, 0.15) is 11.9 Å². The number of hydrogen-bond donors (Lipinski definition) is 1. The lowest BCUT2D eigenvalue weighted by molar-refractivity contribution is -0.147. The van der Waals surface area contributed by atoms with Gasteiger partial charge in [-0.3, -0.25) is 4.79 Å². The molecule has 1 aromatic carbocycles. The van der Waals surface area contributed by atoms with Crippen LogP contribution in [0.15, 0.2) is 24.3 Å². The van der Waals surface area contributed by atoms with Crippen LogP contribution in [-0.2, 0) is 16.0 Å². The third-order valence-corrected chi connectivity index (χ3v) is 4.04. The molecule has 1 aliphatic heterocycles. The van der Waals surface area contributed by atoms with Crippen LogP contribution in [0.25, 0.3) is 0 Å². The Morgan fingerprint density at radius 2 is 2.05 bits per heavy atom. The molecule has 0 unspecified atom stereocenters. The number of carbonyl (C=O) groups is 2. The van der Waals surface area contributed by atoms with E-state index in [0.717, 1.165) is 5.56 Å². The van der Waals surface area contributed by atoms with Crippen molar-refractivity contribution >= 4 is 23.6 Å². The highest BCUT2D eigenvalue weighted by Crippen LogP contribution is 2.22. The highest BCUT2D eigenvalue weighted by molar-refractivity contribution is 7.99. The number of carbonyl (C=O) groups excluding carboxylic acids is 1. The molecular weight excluding hydrogens is 269 g/mol. The summed E-state index contributed by atoms with van der Waals surface area (Å²) in [6, 6.07) is 5.26. The number of aryl methyl sites for hydroxylation is 1. The second-order valence-corrected chi connectivity index (χ2v) is 5.34. The molecule has 0 saturated carbocycles. The standard InChI is InChI=1S/C13H14FNO3S/c14-10-4-1-9(2-5-10)3-6-12(16)15-8-19-7-11(15)13(17)18/h1-2,4-5,11H,3,6-8H2,(H,17,18)/t11-/m0/s1. The molecular formula is C13H14FNO3S. The minimum Gasteiger partial charge on any atom is -0.480 e. The Labute approximate surface area is 114 Å². The van der Waals surface area contributed by atoms with Crippen molar-refractivity contribution in [2.45, 2.75) is 18.9 Å². The summed E-state index contributed by atoms with van der Waals surface area (Å²) in [4.78, 5) is 24.4. The number of rotatable bonds is 4. The zero-order chi connectivity index (χ0) is 13.8. The van der Waals surface area contributed by atoms with Crippen LogP contribution in [0.4, 0.5) is 4.39 Å². The van der Waals surface area contributed by atoms with Gasteiger partial charge in [-0.2, -0.15) is 0 Å². The average molecular weight is 283 g/mol. The topological polar surface area (TPSA) is 57.6 Å². The lowest BCUT2D eigenvalue weighted by atomic mass is 10.1. The molecule has 2 rings (SSSR count). The summed E-state index contributed by atoms with van der Waals surface area (Å²) in [7, 11) is 0. The molecule has 0 aromatic heterocycles. The Morgan fingerprint density at radius 3 is 2.68 bits per heavy atom. The van der Waals surface area contributed by atoms with E-state index in [1.54, 1.807) is 12.1 Å². The number of nitrogens with zero attached hydrogens (tertiary/aromatic N) is 1. The number of amides is 1. The molecule has 0 aliphatic carbocycles. The summed E-state index contributed by atoms with van der Waals surface area (Å²) in [6.45, 7) is 0. The highest BCUT2D eigenvalue weighted by atomic mass is 32.2. The first-order valence-electron chi connectivity index (χ1n) is 5.92. The summed E-state index contributed by atoms with van der Waals surface area (Å²) in [5.74, 6) is -0.560. The molecule has 0 radical (unpaired) electrons. The van der Waals surface area contributed by atoms with Crippen LogP contribution in [0.3, 0.4) is 0 Å². The maximum absolute atomic E-state index is 12.7. The predicted octanol–water partition coefficient (Wildman–Crippen LogP) is 1.74. The molecule has 0 bridgehead atoms. The minimum absolute atomic E-state index is 0.165. The van der Waals surface area contributed by atoms with Crippen LogP contribution in [0, 0.1) is 5.82 Å². The minimum atomic E-state index is -0.958. The number of benzene rings is 1. The molecule has 19 heavy (non-hydrogen) atoms. The molecule has 6 heteroatoms. The molecule has 1 N–H and O–H groups in total. The summed E-state index contributed by atoms with van der Waals surface area (Å²) in [5, 5.41) is 9.00. The zero-order valence-corrected chi connectivity index (χ0v) is 11.0. The van der Waals surface area contributed by atoms with Crippen LogP contribution >= 0.6 is 11.8 Å². The fraction of sp³-hybridized carbons (Fsp3) is 0.385. The predicted molar refractivity (Wildman–Crippen MR) is 70.3 cm³/mol. The van der Waals surface area contributed by atoms with Gasteiger partial charge in [0.15, 0.2) is 0 Å². The van der Waals surface area contributed by atoms with E-state index >= 15 is 0 Å². The fourth-order valence-electron chi connectivity index (χ4n) is 1.94. The molecule has 1 heterocycles. The van der Waals surface area contributed by atoms with Gasteiger partial charge in [-0.05, 0) is 24.1 Å². The summed E-state index contributed by atoms with van der Waals surface area (Å²) < 4.78 is 12.7. The van der Waals surface area contributed by atoms with Crippen molar-refractivity contribution in [2.24, 2.45) is 0 Å². The smallest absolute Gasteiger partial charge is 0.327 e. The van der Waals surface area contributed by atoms with Crippen LogP contribution in [0.1, 0.15) is 12.0 Å². The third-order valence-electron chi connectivity index (χ3n) is 3.03. The van der Waals surface area contributed by atoms with E-state index in [9.17, 15) is 14.0 Å². The number of thioether (sulfide) groups is 1. The molecule has 0 spiro atoms. The van der Waals surface area contributed by atoms with Gasteiger partial charge in [-0.15, -0.1) is 11.8 Å². The van der Waals surface area contributed by atoms with Gasteiger partial charge >= 0.3 is 5.97 Å². The molecule has 1 aromatic rings. The van der Waals surface area contributed by atoms with Gasteiger partial charge in [0.25, 0.3) is 0 Å². The average Bonchev–Trinajstić information content (AvgIpc) is 2.87.